The summed E-state index contributed by atoms with van der Waals surface area (Å²) in [6.07, 6.45) is 5.26. The van der Waals surface area contributed by atoms with Crippen molar-refractivity contribution in [1.29, 1.82) is 5.26 Å². The Balaban J connectivity index is 1.19. The number of anilines is 1. The highest BCUT2D eigenvalue weighted by Gasteiger charge is 2.35. The van der Waals surface area contributed by atoms with Crippen LogP contribution in [0.5, 0.6) is 5.75 Å². The smallest absolute Gasteiger partial charge is 0.272 e. The second kappa shape index (κ2) is 10.4. The number of carbonyl (C=O) groups excluding carboxylic acids is 1. The number of nitrogens with zero attached hydrogens (tertiary/aromatic N) is 5. The molecule has 2 fully saturated rings. The summed E-state index contributed by atoms with van der Waals surface area (Å²) in [7, 11) is 1.86. The van der Waals surface area contributed by atoms with E-state index in [4.69, 9.17) is 10.00 Å². The molecule has 1 aliphatic carbocycles. The number of ether oxygens (including phenoxy) is 1. The third-order valence-electron chi connectivity index (χ3n) is 7.76. The van der Waals surface area contributed by atoms with Gasteiger partial charge in [-0.3, -0.25) is 9.59 Å². The molecule has 0 bridgehead atoms. The van der Waals surface area contributed by atoms with E-state index >= 15 is 0 Å². The summed E-state index contributed by atoms with van der Waals surface area (Å²) in [5, 5.41) is 17.1. The largest absolute Gasteiger partial charge is 0.490 e. The molecular formula is C30H27FN6O3. The minimum Gasteiger partial charge on any atom is -0.490 e. The number of nitrogens with one attached hydrogen (secondary N) is 1. The van der Waals surface area contributed by atoms with Crippen molar-refractivity contribution in [3.05, 3.63) is 93.3 Å². The lowest BCUT2D eigenvalue weighted by Gasteiger charge is -2.44. The third kappa shape index (κ3) is 4.86. The minimum absolute atomic E-state index is 0.00435. The molecule has 10 heteroatoms. The Hall–Kier alpha value is -4.78. The van der Waals surface area contributed by atoms with E-state index < -0.39 is 11.7 Å². The molecule has 1 amide bonds. The maximum atomic E-state index is 14.8. The molecular weight excluding hydrogens is 511 g/mol. The number of benzene rings is 2. The number of likely N-dealkylation sites (tertiary alicyclic amines) is 1. The predicted octanol–water partition coefficient (Wildman–Crippen LogP) is 3.81. The summed E-state index contributed by atoms with van der Waals surface area (Å²) in [5.41, 5.74) is 1.51. The molecule has 0 unspecified atom stereocenters. The van der Waals surface area contributed by atoms with Gasteiger partial charge in [-0.2, -0.15) is 10.4 Å². The molecule has 4 aromatic rings. The van der Waals surface area contributed by atoms with Crippen LogP contribution < -0.4 is 15.2 Å². The van der Waals surface area contributed by atoms with Gasteiger partial charge < -0.3 is 14.5 Å². The van der Waals surface area contributed by atoms with Crippen LogP contribution >= 0.6 is 0 Å². The standard InChI is InChI=1S/C30H27FN6O3/c1-36(28-13-19(15-32)9-10-33-28)20-16-37(17-20)30(39)25-11-18(5-8-26(25)31)12-27-24-14-22(40-21-3-2-4-21)6-7-23(24)29(38)35-34-27/h5-11,13-14,20-21H,2-4,12,16-17H2,1H3,(H,35,38). The summed E-state index contributed by atoms with van der Waals surface area (Å²) in [5.74, 6) is 0.349. The van der Waals surface area contributed by atoms with E-state index in [0.29, 0.717) is 58.7 Å². The van der Waals surface area contributed by atoms with E-state index in [0.717, 1.165) is 19.3 Å². The number of hydrogen-bond donors (Lipinski definition) is 1. The van der Waals surface area contributed by atoms with Crippen molar-refractivity contribution in [1.82, 2.24) is 20.1 Å². The molecule has 0 atom stereocenters. The van der Waals surface area contributed by atoms with Crippen LogP contribution in [0.4, 0.5) is 10.2 Å². The van der Waals surface area contributed by atoms with Crippen LogP contribution in [-0.2, 0) is 6.42 Å². The van der Waals surface area contributed by atoms with Crippen LogP contribution in [0.15, 0.2) is 59.5 Å². The molecule has 2 aromatic heterocycles. The number of halogens is 1. The number of nitriles is 1. The van der Waals surface area contributed by atoms with Crippen molar-refractivity contribution < 1.29 is 13.9 Å². The SMILES string of the molecule is CN(c1cc(C#N)ccn1)C1CN(C(=O)c2cc(Cc3n[nH]c(=O)c4ccc(OC5CCC5)cc34)ccc2F)C1. The fourth-order valence-electron chi connectivity index (χ4n) is 5.03. The van der Waals surface area contributed by atoms with Crippen molar-refractivity contribution >= 4 is 22.5 Å². The van der Waals surface area contributed by atoms with Crippen molar-refractivity contribution in [2.24, 2.45) is 0 Å². The summed E-state index contributed by atoms with van der Waals surface area (Å²) >= 11 is 0. The lowest BCUT2D eigenvalue weighted by Crippen LogP contribution is -2.60. The molecule has 40 heavy (non-hydrogen) atoms. The molecule has 0 spiro atoms. The molecule has 202 valence electrons. The van der Waals surface area contributed by atoms with E-state index in [1.165, 1.54) is 6.07 Å². The Morgan fingerprint density at radius 2 is 2.00 bits per heavy atom. The maximum absolute atomic E-state index is 14.8. The molecule has 6 rings (SSSR count). The van der Waals surface area contributed by atoms with Gasteiger partial charge in [0.25, 0.3) is 11.5 Å². The Morgan fingerprint density at radius 1 is 1.18 bits per heavy atom. The topological polar surface area (TPSA) is 115 Å². The van der Waals surface area contributed by atoms with Crippen molar-refractivity contribution in [3.63, 3.8) is 0 Å². The first-order chi connectivity index (χ1) is 19.4. The monoisotopic (exact) mass is 538 g/mol. The molecule has 3 heterocycles. The first-order valence-corrected chi connectivity index (χ1v) is 13.2. The number of H-pyrrole nitrogens is 1. The van der Waals surface area contributed by atoms with Gasteiger partial charge in [-0.15, -0.1) is 0 Å². The van der Waals surface area contributed by atoms with Gasteiger partial charge in [0, 0.05) is 38.1 Å². The first-order valence-electron chi connectivity index (χ1n) is 13.2. The highest BCUT2D eigenvalue weighted by molar-refractivity contribution is 5.95. The first kappa shape index (κ1) is 25.5. The number of carbonyl (C=O) groups is 1. The zero-order valence-electron chi connectivity index (χ0n) is 21.9. The lowest BCUT2D eigenvalue weighted by molar-refractivity contribution is 0.0598. The summed E-state index contributed by atoms with van der Waals surface area (Å²) in [6.45, 7) is 0.820. The zero-order chi connectivity index (χ0) is 27.8. The Labute approximate surface area is 229 Å². The van der Waals surface area contributed by atoms with Crippen LogP contribution in [-0.4, -0.2) is 58.3 Å². The average molecular weight is 539 g/mol. The zero-order valence-corrected chi connectivity index (χ0v) is 21.9. The molecule has 9 nitrogen and oxygen atoms in total. The van der Waals surface area contributed by atoms with Crippen LogP contribution in [0.1, 0.15) is 46.4 Å². The summed E-state index contributed by atoms with van der Waals surface area (Å²) < 4.78 is 20.8. The van der Waals surface area contributed by atoms with Crippen molar-refractivity contribution in [2.45, 2.75) is 37.8 Å². The van der Waals surface area contributed by atoms with Gasteiger partial charge in [-0.1, -0.05) is 6.07 Å². The Kier molecular flexibility index (Phi) is 6.64. The molecule has 2 aromatic carbocycles. The maximum Gasteiger partial charge on any atom is 0.272 e. The number of pyridine rings is 1. The van der Waals surface area contributed by atoms with E-state index in [1.807, 2.05) is 18.0 Å². The van der Waals surface area contributed by atoms with Crippen molar-refractivity contribution in [3.8, 4) is 11.8 Å². The predicted molar refractivity (Wildman–Crippen MR) is 147 cm³/mol. The minimum atomic E-state index is -0.593. The van der Waals surface area contributed by atoms with Crippen LogP contribution in [0.2, 0.25) is 0 Å². The summed E-state index contributed by atoms with van der Waals surface area (Å²) in [6, 6.07) is 15.3. The number of fused-ring (bicyclic) bond motifs is 1. The number of amides is 1. The highest BCUT2D eigenvalue weighted by Crippen LogP contribution is 2.29. The van der Waals surface area contributed by atoms with E-state index in [2.05, 4.69) is 21.3 Å². The van der Waals surface area contributed by atoms with Crippen molar-refractivity contribution in [2.75, 3.05) is 25.0 Å². The van der Waals surface area contributed by atoms with Gasteiger partial charge in [0.1, 0.15) is 17.4 Å². The quantitative estimate of drug-likeness (QED) is 0.380. The fourth-order valence-corrected chi connectivity index (χ4v) is 5.03. The van der Waals surface area contributed by atoms with E-state index in [9.17, 15) is 14.0 Å². The van der Waals surface area contributed by atoms with Crippen LogP contribution in [0.25, 0.3) is 10.8 Å². The van der Waals surface area contributed by atoms with E-state index in [1.54, 1.807) is 47.5 Å². The number of hydrogen-bond acceptors (Lipinski definition) is 7. The molecule has 1 N–H and O–H groups in total. The van der Waals surface area contributed by atoms with Crippen LogP contribution in [0, 0.1) is 17.1 Å². The van der Waals surface area contributed by atoms with Gasteiger partial charge in [0.15, 0.2) is 0 Å². The number of likely N-dealkylation sites (N-methyl/N-ethyl adjacent to an activating group) is 1. The Morgan fingerprint density at radius 3 is 2.75 bits per heavy atom. The Bertz CT molecular complexity index is 1700. The van der Waals surface area contributed by atoms with Gasteiger partial charge in [0.05, 0.1) is 40.4 Å². The lowest BCUT2D eigenvalue weighted by atomic mass is 9.96. The molecule has 0 radical (unpaired) electrons. The average Bonchev–Trinajstić information content (AvgIpc) is 2.92. The van der Waals surface area contributed by atoms with Gasteiger partial charge in [-0.05, 0) is 67.3 Å². The van der Waals surface area contributed by atoms with Crippen LogP contribution in [0.3, 0.4) is 0 Å². The molecule has 1 aliphatic heterocycles. The van der Waals surface area contributed by atoms with Gasteiger partial charge in [0.2, 0.25) is 0 Å². The van der Waals surface area contributed by atoms with E-state index in [-0.39, 0.29) is 23.3 Å². The fraction of sp³-hybridized carbons (Fsp3) is 0.300. The third-order valence-corrected chi connectivity index (χ3v) is 7.76. The normalized spacial score (nSPS) is 15.3. The number of aromatic amines is 1. The number of aromatic nitrogens is 3. The van der Waals surface area contributed by atoms with Gasteiger partial charge >= 0.3 is 0 Å². The summed E-state index contributed by atoms with van der Waals surface area (Å²) in [4.78, 5) is 33.5. The number of rotatable bonds is 7. The highest BCUT2D eigenvalue weighted by atomic mass is 19.1. The second-order valence-electron chi connectivity index (χ2n) is 10.4. The molecule has 2 aliphatic rings. The van der Waals surface area contributed by atoms with Gasteiger partial charge in [-0.25, -0.2) is 14.5 Å². The second-order valence-corrected chi connectivity index (χ2v) is 10.4. The molecule has 1 saturated carbocycles. The molecule has 1 saturated heterocycles.